The minimum atomic E-state index is -0.455. The van der Waals surface area contributed by atoms with Gasteiger partial charge >= 0.3 is 6.09 Å². The first kappa shape index (κ1) is 17.5. The van der Waals surface area contributed by atoms with Crippen molar-refractivity contribution in [3.63, 3.8) is 0 Å². The maximum absolute atomic E-state index is 12.1. The fraction of sp³-hybridized carbons (Fsp3) is 0.706. The predicted molar refractivity (Wildman–Crippen MR) is 90.6 cm³/mol. The molecule has 0 aliphatic carbocycles. The summed E-state index contributed by atoms with van der Waals surface area (Å²) in [6.45, 7) is 13.1. The Balaban J connectivity index is 1.95. The molecule has 128 valence electrons. The second kappa shape index (κ2) is 6.34. The molecular weight excluding hydrogens is 292 g/mol. The zero-order valence-corrected chi connectivity index (χ0v) is 15.1. The number of piperidine rings is 1. The zero-order chi connectivity index (χ0) is 17.3. The maximum atomic E-state index is 12.1. The summed E-state index contributed by atoms with van der Waals surface area (Å²) < 4.78 is 5.44. The van der Waals surface area contributed by atoms with E-state index in [4.69, 9.17) is 4.74 Å². The van der Waals surface area contributed by atoms with Gasteiger partial charge in [0, 0.05) is 30.0 Å². The molecule has 0 atom stereocenters. The molecule has 6 nitrogen and oxygen atoms in total. The van der Waals surface area contributed by atoms with E-state index in [2.05, 4.69) is 22.2 Å². The minimum Gasteiger partial charge on any atom is -0.444 e. The number of carbonyl (C=O) groups excluding carboxylic acids is 1. The van der Waals surface area contributed by atoms with Crippen LogP contribution in [0.4, 0.5) is 10.7 Å². The van der Waals surface area contributed by atoms with Crippen LogP contribution in [0.2, 0.25) is 0 Å². The smallest absolute Gasteiger partial charge is 0.410 e. The van der Waals surface area contributed by atoms with Gasteiger partial charge in [-0.2, -0.15) is 0 Å². The van der Waals surface area contributed by atoms with Crippen molar-refractivity contribution in [2.24, 2.45) is 0 Å². The Morgan fingerprint density at radius 2 is 1.74 bits per heavy atom. The highest BCUT2D eigenvalue weighted by molar-refractivity contribution is 5.68. The normalized spacial score (nSPS) is 17.7. The standard InChI is InChI=1S/C17H28N4O2/c1-12-11-13(2)19-14(18-12)20-17(6)7-9-21(10-8-17)15(22)23-16(3,4)5/h11H,7-10H2,1-6H3,(H,18,19,20). The van der Waals surface area contributed by atoms with Crippen molar-refractivity contribution in [2.45, 2.75) is 65.5 Å². The fourth-order valence-electron chi connectivity index (χ4n) is 2.69. The highest BCUT2D eigenvalue weighted by Crippen LogP contribution is 2.26. The van der Waals surface area contributed by atoms with E-state index in [0.717, 1.165) is 24.2 Å². The average molecular weight is 320 g/mol. The number of aryl methyl sites for hydroxylation is 2. The Morgan fingerprint density at radius 3 is 2.22 bits per heavy atom. The largest absolute Gasteiger partial charge is 0.444 e. The van der Waals surface area contributed by atoms with Gasteiger partial charge in [0.15, 0.2) is 0 Å². The first-order chi connectivity index (χ1) is 10.6. The van der Waals surface area contributed by atoms with Crippen LogP contribution in [0.1, 0.15) is 51.9 Å². The summed E-state index contributed by atoms with van der Waals surface area (Å²) in [6, 6.07) is 1.96. The molecule has 1 amide bonds. The van der Waals surface area contributed by atoms with Gasteiger partial charge in [-0.1, -0.05) is 0 Å². The van der Waals surface area contributed by atoms with E-state index in [-0.39, 0.29) is 11.6 Å². The van der Waals surface area contributed by atoms with Crippen molar-refractivity contribution in [2.75, 3.05) is 18.4 Å². The molecule has 1 aliphatic rings. The number of carbonyl (C=O) groups is 1. The predicted octanol–water partition coefficient (Wildman–Crippen LogP) is 3.29. The van der Waals surface area contributed by atoms with Gasteiger partial charge < -0.3 is 15.0 Å². The van der Waals surface area contributed by atoms with Crippen molar-refractivity contribution in [3.05, 3.63) is 17.5 Å². The molecular formula is C17H28N4O2. The third-order valence-electron chi connectivity index (χ3n) is 3.91. The Kier molecular flexibility index (Phi) is 4.82. The molecule has 1 fully saturated rings. The summed E-state index contributed by atoms with van der Waals surface area (Å²) in [5.41, 5.74) is 1.34. The molecule has 0 bridgehead atoms. The molecule has 23 heavy (non-hydrogen) atoms. The maximum Gasteiger partial charge on any atom is 0.410 e. The van der Waals surface area contributed by atoms with Crippen LogP contribution in [0, 0.1) is 13.8 Å². The van der Waals surface area contributed by atoms with Crippen LogP contribution in [0.3, 0.4) is 0 Å². The van der Waals surface area contributed by atoms with Gasteiger partial charge in [-0.15, -0.1) is 0 Å². The molecule has 2 heterocycles. The van der Waals surface area contributed by atoms with E-state index in [1.807, 2.05) is 40.7 Å². The van der Waals surface area contributed by atoms with Crippen LogP contribution >= 0.6 is 0 Å². The van der Waals surface area contributed by atoms with E-state index >= 15 is 0 Å². The van der Waals surface area contributed by atoms with Crippen LogP contribution in [-0.4, -0.2) is 45.2 Å². The van der Waals surface area contributed by atoms with Gasteiger partial charge in [0.1, 0.15) is 5.60 Å². The molecule has 0 saturated carbocycles. The number of anilines is 1. The first-order valence-electron chi connectivity index (χ1n) is 8.15. The summed E-state index contributed by atoms with van der Waals surface area (Å²) in [5, 5.41) is 3.45. The number of amides is 1. The number of ether oxygens (including phenoxy) is 1. The highest BCUT2D eigenvalue weighted by Gasteiger charge is 2.34. The van der Waals surface area contributed by atoms with E-state index < -0.39 is 5.60 Å². The molecule has 0 aromatic carbocycles. The summed E-state index contributed by atoms with van der Waals surface area (Å²) in [6.07, 6.45) is 1.44. The van der Waals surface area contributed by atoms with Crippen LogP contribution in [0.25, 0.3) is 0 Å². The van der Waals surface area contributed by atoms with Gasteiger partial charge in [0.05, 0.1) is 0 Å². The SMILES string of the molecule is Cc1cc(C)nc(NC2(C)CCN(C(=O)OC(C)(C)C)CC2)n1. The van der Waals surface area contributed by atoms with E-state index in [1.54, 1.807) is 4.90 Å². The lowest BCUT2D eigenvalue weighted by atomic mass is 9.90. The van der Waals surface area contributed by atoms with Crippen LogP contribution in [0.15, 0.2) is 6.07 Å². The number of nitrogens with zero attached hydrogens (tertiary/aromatic N) is 3. The number of nitrogens with one attached hydrogen (secondary N) is 1. The lowest BCUT2D eigenvalue weighted by molar-refractivity contribution is 0.0184. The van der Waals surface area contributed by atoms with Gasteiger partial charge in [-0.3, -0.25) is 0 Å². The van der Waals surface area contributed by atoms with Gasteiger partial charge in [-0.05, 0) is 60.5 Å². The number of aromatic nitrogens is 2. The Hall–Kier alpha value is -1.85. The molecule has 0 unspecified atom stereocenters. The van der Waals surface area contributed by atoms with Crippen molar-refractivity contribution < 1.29 is 9.53 Å². The number of hydrogen-bond acceptors (Lipinski definition) is 5. The second-order valence-corrected chi connectivity index (χ2v) is 7.63. The molecule has 0 radical (unpaired) electrons. The van der Waals surface area contributed by atoms with Crippen molar-refractivity contribution in [3.8, 4) is 0 Å². The van der Waals surface area contributed by atoms with Gasteiger partial charge in [0.25, 0.3) is 0 Å². The van der Waals surface area contributed by atoms with Crippen LogP contribution in [0.5, 0.6) is 0 Å². The topological polar surface area (TPSA) is 67.4 Å². The molecule has 1 aromatic rings. The highest BCUT2D eigenvalue weighted by atomic mass is 16.6. The molecule has 1 aliphatic heterocycles. The Labute approximate surface area is 138 Å². The minimum absolute atomic E-state index is 0.112. The summed E-state index contributed by atoms with van der Waals surface area (Å²) >= 11 is 0. The third kappa shape index (κ3) is 5.08. The van der Waals surface area contributed by atoms with Gasteiger partial charge in [-0.25, -0.2) is 14.8 Å². The molecule has 2 rings (SSSR count). The lowest BCUT2D eigenvalue weighted by Crippen LogP contribution is -2.50. The number of likely N-dealkylation sites (tertiary alicyclic amines) is 1. The average Bonchev–Trinajstić information content (AvgIpc) is 2.35. The summed E-state index contributed by atoms with van der Waals surface area (Å²) in [5.74, 6) is 0.663. The molecule has 6 heteroatoms. The van der Waals surface area contributed by atoms with Gasteiger partial charge in [0.2, 0.25) is 5.95 Å². The van der Waals surface area contributed by atoms with Crippen LogP contribution < -0.4 is 5.32 Å². The van der Waals surface area contributed by atoms with E-state index in [0.29, 0.717) is 19.0 Å². The molecule has 0 spiro atoms. The van der Waals surface area contributed by atoms with Crippen molar-refractivity contribution in [1.29, 1.82) is 0 Å². The number of rotatable bonds is 2. The zero-order valence-electron chi connectivity index (χ0n) is 15.1. The van der Waals surface area contributed by atoms with Crippen molar-refractivity contribution >= 4 is 12.0 Å². The second-order valence-electron chi connectivity index (χ2n) is 7.63. The molecule has 1 saturated heterocycles. The lowest BCUT2D eigenvalue weighted by Gasteiger charge is -2.40. The molecule has 1 N–H and O–H groups in total. The number of hydrogen-bond donors (Lipinski definition) is 1. The summed E-state index contributed by atoms with van der Waals surface area (Å²) in [4.78, 5) is 22.8. The van der Waals surface area contributed by atoms with E-state index in [9.17, 15) is 4.79 Å². The third-order valence-corrected chi connectivity index (χ3v) is 3.91. The van der Waals surface area contributed by atoms with Crippen LogP contribution in [-0.2, 0) is 4.74 Å². The van der Waals surface area contributed by atoms with Crippen molar-refractivity contribution in [1.82, 2.24) is 14.9 Å². The quantitative estimate of drug-likeness (QED) is 0.905. The first-order valence-corrected chi connectivity index (χ1v) is 8.15. The Morgan fingerprint density at radius 1 is 1.22 bits per heavy atom. The summed E-state index contributed by atoms with van der Waals surface area (Å²) in [7, 11) is 0. The fourth-order valence-corrected chi connectivity index (χ4v) is 2.69. The monoisotopic (exact) mass is 320 g/mol. The molecule has 1 aromatic heterocycles. The van der Waals surface area contributed by atoms with E-state index in [1.165, 1.54) is 0 Å². The Bertz CT molecular complexity index is 552.